The van der Waals surface area contributed by atoms with Crippen LogP contribution in [-0.2, 0) is 7.05 Å². The molecule has 0 bridgehead atoms. The van der Waals surface area contributed by atoms with Gasteiger partial charge in [0.25, 0.3) is 5.69 Å². The summed E-state index contributed by atoms with van der Waals surface area (Å²) in [6.45, 7) is 0. The van der Waals surface area contributed by atoms with Crippen LogP contribution >= 0.6 is 0 Å². The zero-order valence-electron chi connectivity index (χ0n) is 8.99. The van der Waals surface area contributed by atoms with Gasteiger partial charge in [0, 0.05) is 30.9 Å². The van der Waals surface area contributed by atoms with Gasteiger partial charge in [-0.2, -0.15) is 10.4 Å². The van der Waals surface area contributed by atoms with E-state index < -0.39 is 4.92 Å². The van der Waals surface area contributed by atoms with Crippen LogP contribution < -0.4 is 0 Å². The highest BCUT2D eigenvalue weighted by molar-refractivity contribution is 5.67. The van der Waals surface area contributed by atoms with Crippen LogP contribution in [0.1, 0.15) is 5.56 Å². The van der Waals surface area contributed by atoms with Crippen molar-refractivity contribution in [2.75, 3.05) is 0 Å². The van der Waals surface area contributed by atoms with Crippen molar-refractivity contribution in [1.29, 1.82) is 5.26 Å². The molecule has 0 aliphatic carbocycles. The fraction of sp³-hybridized carbons (Fsp3) is 0.0909. The molecule has 0 spiro atoms. The number of rotatable bonds is 2. The molecule has 17 heavy (non-hydrogen) atoms. The van der Waals surface area contributed by atoms with Gasteiger partial charge >= 0.3 is 0 Å². The Bertz CT molecular complexity index is 607. The Hall–Kier alpha value is -2.68. The molecule has 0 N–H and O–H groups in total. The largest absolute Gasteiger partial charge is 0.274 e. The zero-order valence-corrected chi connectivity index (χ0v) is 8.99. The summed E-state index contributed by atoms with van der Waals surface area (Å²) in [7, 11) is 1.72. The number of hydrogen-bond donors (Lipinski definition) is 0. The summed E-state index contributed by atoms with van der Waals surface area (Å²) in [4.78, 5) is 10.0. The van der Waals surface area contributed by atoms with Gasteiger partial charge in [-0.15, -0.1) is 0 Å². The van der Waals surface area contributed by atoms with Crippen LogP contribution in [-0.4, -0.2) is 14.7 Å². The number of aromatic nitrogens is 2. The van der Waals surface area contributed by atoms with Crippen LogP contribution in [0.4, 0.5) is 5.69 Å². The highest BCUT2D eigenvalue weighted by Crippen LogP contribution is 2.23. The van der Waals surface area contributed by atoms with Gasteiger partial charge in [-0.25, -0.2) is 0 Å². The van der Waals surface area contributed by atoms with Crippen molar-refractivity contribution in [1.82, 2.24) is 9.78 Å². The molecule has 0 aliphatic heterocycles. The Morgan fingerprint density at radius 1 is 1.41 bits per heavy atom. The first-order valence-electron chi connectivity index (χ1n) is 4.80. The molecule has 2 rings (SSSR count). The molecule has 84 valence electrons. The van der Waals surface area contributed by atoms with E-state index in [0.29, 0.717) is 16.8 Å². The molecule has 0 atom stereocenters. The summed E-state index contributed by atoms with van der Waals surface area (Å²) < 4.78 is 1.54. The zero-order chi connectivity index (χ0) is 12.4. The van der Waals surface area contributed by atoms with Crippen molar-refractivity contribution in [3.05, 3.63) is 46.1 Å². The smallest absolute Gasteiger partial charge is 0.269 e. The van der Waals surface area contributed by atoms with Crippen molar-refractivity contribution >= 4 is 5.69 Å². The van der Waals surface area contributed by atoms with Gasteiger partial charge in [0.2, 0.25) is 0 Å². The predicted molar refractivity (Wildman–Crippen MR) is 60.0 cm³/mol. The summed E-state index contributed by atoms with van der Waals surface area (Å²) in [5.41, 5.74) is 1.68. The maximum atomic E-state index is 10.5. The summed E-state index contributed by atoms with van der Waals surface area (Å²) in [5, 5.41) is 23.6. The third-order valence-corrected chi connectivity index (χ3v) is 2.30. The Morgan fingerprint density at radius 3 is 2.59 bits per heavy atom. The number of nitrogens with zero attached hydrogens (tertiary/aromatic N) is 4. The van der Waals surface area contributed by atoms with E-state index in [1.54, 1.807) is 25.4 Å². The van der Waals surface area contributed by atoms with Crippen molar-refractivity contribution in [2.24, 2.45) is 7.05 Å². The lowest BCUT2D eigenvalue weighted by atomic mass is 10.1. The van der Waals surface area contributed by atoms with Crippen LogP contribution in [0.2, 0.25) is 0 Å². The van der Waals surface area contributed by atoms with Gasteiger partial charge in [-0.3, -0.25) is 14.8 Å². The first-order chi connectivity index (χ1) is 8.11. The lowest BCUT2D eigenvalue weighted by Crippen LogP contribution is -1.89. The fourth-order valence-electron chi connectivity index (χ4n) is 1.52. The highest BCUT2D eigenvalue weighted by Gasteiger charge is 2.11. The lowest BCUT2D eigenvalue weighted by molar-refractivity contribution is -0.384. The summed E-state index contributed by atoms with van der Waals surface area (Å²) >= 11 is 0. The second kappa shape index (κ2) is 4.06. The van der Waals surface area contributed by atoms with E-state index in [9.17, 15) is 10.1 Å². The number of hydrogen-bond acceptors (Lipinski definition) is 4. The molecular weight excluding hydrogens is 220 g/mol. The third-order valence-electron chi connectivity index (χ3n) is 2.30. The van der Waals surface area contributed by atoms with Gasteiger partial charge in [0.1, 0.15) is 11.8 Å². The molecule has 6 heteroatoms. The van der Waals surface area contributed by atoms with Crippen LogP contribution in [0, 0.1) is 21.4 Å². The van der Waals surface area contributed by atoms with Crippen molar-refractivity contribution < 1.29 is 4.92 Å². The second-order valence-electron chi connectivity index (χ2n) is 3.48. The van der Waals surface area contributed by atoms with Crippen LogP contribution in [0.25, 0.3) is 11.3 Å². The van der Waals surface area contributed by atoms with Crippen LogP contribution in [0.3, 0.4) is 0 Å². The lowest BCUT2D eigenvalue weighted by Gasteiger charge is -1.97. The van der Waals surface area contributed by atoms with Gasteiger partial charge in [0.15, 0.2) is 0 Å². The summed E-state index contributed by atoms with van der Waals surface area (Å²) in [6.07, 6.45) is 1.61. The molecule has 2 aromatic rings. The van der Waals surface area contributed by atoms with E-state index in [1.807, 2.05) is 6.07 Å². The molecule has 6 nitrogen and oxygen atoms in total. The van der Waals surface area contributed by atoms with Crippen molar-refractivity contribution in [3.8, 4) is 17.3 Å². The quantitative estimate of drug-likeness (QED) is 0.580. The highest BCUT2D eigenvalue weighted by atomic mass is 16.6. The molecule has 0 amide bonds. The Morgan fingerprint density at radius 2 is 2.06 bits per heavy atom. The number of nitro groups is 1. The molecule has 1 heterocycles. The second-order valence-corrected chi connectivity index (χ2v) is 3.48. The number of nitro benzene ring substituents is 1. The monoisotopic (exact) mass is 228 g/mol. The minimum Gasteiger partial charge on any atom is -0.274 e. The van der Waals surface area contributed by atoms with Gasteiger partial charge < -0.3 is 0 Å². The maximum absolute atomic E-state index is 10.5. The Balaban J connectivity index is 2.47. The van der Waals surface area contributed by atoms with E-state index in [2.05, 4.69) is 5.10 Å². The molecule has 1 aromatic carbocycles. The number of aryl methyl sites for hydroxylation is 1. The van der Waals surface area contributed by atoms with Gasteiger partial charge in [0.05, 0.1) is 10.5 Å². The summed E-state index contributed by atoms with van der Waals surface area (Å²) in [5.74, 6) is 0. The van der Waals surface area contributed by atoms with E-state index in [4.69, 9.17) is 5.26 Å². The minimum atomic E-state index is -0.465. The topological polar surface area (TPSA) is 84.8 Å². The van der Waals surface area contributed by atoms with Crippen molar-refractivity contribution in [2.45, 2.75) is 0 Å². The average molecular weight is 228 g/mol. The molecule has 1 aromatic heterocycles. The Kier molecular flexibility index (Phi) is 2.58. The number of non-ortho nitro benzene ring substituents is 1. The molecule has 0 radical (unpaired) electrons. The van der Waals surface area contributed by atoms with E-state index in [0.717, 1.165) is 0 Å². The normalized spacial score (nSPS) is 9.88. The van der Waals surface area contributed by atoms with E-state index >= 15 is 0 Å². The van der Waals surface area contributed by atoms with Crippen molar-refractivity contribution in [3.63, 3.8) is 0 Å². The molecule has 0 saturated heterocycles. The molecule has 0 saturated carbocycles. The molecule has 0 aliphatic rings. The van der Waals surface area contributed by atoms with Crippen LogP contribution in [0.5, 0.6) is 0 Å². The number of benzene rings is 1. The molecule has 0 fully saturated rings. The SMILES string of the molecule is Cn1cc(C#N)c(-c2ccc([N+](=O)[O-])cc2)n1. The third kappa shape index (κ3) is 1.99. The predicted octanol–water partition coefficient (Wildman–Crippen LogP) is 1.87. The Labute approximate surface area is 96.9 Å². The molecular formula is C11H8N4O2. The van der Waals surface area contributed by atoms with E-state index in [-0.39, 0.29) is 5.69 Å². The first kappa shape index (κ1) is 10.8. The summed E-state index contributed by atoms with van der Waals surface area (Å²) in [6, 6.07) is 7.99. The maximum Gasteiger partial charge on any atom is 0.269 e. The minimum absolute atomic E-state index is 0.0168. The van der Waals surface area contributed by atoms with E-state index in [1.165, 1.54) is 16.8 Å². The van der Waals surface area contributed by atoms with Gasteiger partial charge in [-0.05, 0) is 12.1 Å². The average Bonchev–Trinajstić information content (AvgIpc) is 2.70. The standard InChI is InChI=1S/C11H8N4O2/c1-14-7-9(6-12)11(13-14)8-2-4-10(5-3-8)15(16)17/h2-5,7H,1H3. The fourth-order valence-corrected chi connectivity index (χ4v) is 1.52. The first-order valence-corrected chi connectivity index (χ1v) is 4.80. The number of nitriles is 1. The van der Waals surface area contributed by atoms with Gasteiger partial charge in [-0.1, -0.05) is 0 Å². The van der Waals surface area contributed by atoms with Crippen LogP contribution in [0.15, 0.2) is 30.5 Å². The molecule has 0 unspecified atom stereocenters.